The van der Waals surface area contributed by atoms with Crippen LogP contribution in [-0.2, 0) is 9.59 Å². The molecule has 1 aliphatic heterocycles. The molecule has 7 heteroatoms. The van der Waals surface area contributed by atoms with Crippen LogP contribution in [0.15, 0.2) is 54.6 Å². The molecule has 160 valence electrons. The Bertz CT molecular complexity index is 853. The third-order valence-electron chi connectivity index (χ3n) is 5.42. The maximum atomic E-state index is 13.2. The van der Waals surface area contributed by atoms with Crippen molar-refractivity contribution in [2.24, 2.45) is 0 Å². The van der Waals surface area contributed by atoms with Gasteiger partial charge in [0.15, 0.2) is 0 Å². The Morgan fingerprint density at radius 1 is 1.03 bits per heavy atom. The van der Waals surface area contributed by atoms with Crippen LogP contribution < -0.4 is 5.32 Å². The van der Waals surface area contributed by atoms with Gasteiger partial charge in [-0.15, -0.1) is 0 Å². The zero-order valence-electron chi connectivity index (χ0n) is 17.6. The molecule has 0 aromatic heterocycles. The summed E-state index contributed by atoms with van der Waals surface area (Å²) in [7, 11) is 1.73. The minimum Gasteiger partial charge on any atom is -0.339 e. The Labute approximate surface area is 177 Å². The van der Waals surface area contributed by atoms with Crippen LogP contribution in [-0.4, -0.2) is 72.8 Å². The number of piperazine rings is 1. The van der Waals surface area contributed by atoms with E-state index in [1.807, 2.05) is 23.1 Å². The van der Waals surface area contributed by atoms with E-state index in [0.29, 0.717) is 24.8 Å². The van der Waals surface area contributed by atoms with Crippen LogP contribution in [0.1, 0.15) is 18.5 Å². The molecule has 0 radical (unpaired) electrons. The van der Waals surface area contributed by atoms with Crippen molar-refractivity contribution in [2.75, 3.05) is 51.6 Å². The topological polar surface area (TPSA) is 55.9 Å². The minimum atomic E-state index is -0.406. The summed E-state index contributed by atoms with van der Waals surface area (Å²) in [4.78, 5) is 30.7. The second-order valence-electron chi connectivity index (χ2n) is 7.73. The summed E-state index contributed by atoms with van der Waals surface area (Å²) in [6, 6.07) is 16.4. The van der Waals surface area contributed by atoms with Crippen LogP contribution in [0, 0.1) is 5.82 Å². The Morgan fingerprint density at radius 3 is 2.40 bits per heavy atom. The van der Waals surface area contributed by atoms with E-state index >= 15 is 0 Å². The van der Waals surface area contributed by atoms with E-state index < -0.39 is 5.82 Å². The largest absolute Gasteiger partial charge is 0.339 e. The number of amides is 2. The van der Waals surface area contributed by atoms with Crippen LogP contribution in [0.5, 0.6) is 0 Å². The second-order valence-corrected chi connectivity index (χ2v) is 7.73. The third kappa shape index (κ3) is 6.11. The zero-order valence-corrected chi connectivity index (χ0v) is 17.6. The minimum absolute atomic E-state index is 0.0167. The number of likely N-dealkylation sites (N-methyl/N-ethyl adjacent to an activating group) is 1. The highest BCUT2D eigenvalue weighted by atomic mass is 19.1. The number of hydrogen-bond acceptors (Lipinski definition) is 4. The fourth-order valence-electron chi connectivity index (χ4n) is 3.70. The first-order valence-corrected chi connectivity index (χ1v) is 10.2. The number of carbonyl (C=O) groups excluding carboxylic acids is 2. The Kier molecular flexibility index (Phi) is 7.54. The number of nitrogens with one attached hydrogen (secondary N) is 1. The van der Waals surface area contributed by atoms with Crippen molar-refractivity contribution in [3.63, 3.8) is 0 Å². The van der Waals surface area contributed by atoms with Crippen molar-refractivity contribution >= 4 is 17.5 Å². The van der Waals surface area contributed by atoms with Gasteiger partial charge in [0, 0.05) is 37.9 Å². The summed E-state index contributed by atoms with van der Waals surface area (Å²) in [5.74, 6) is -0.669. The van der Waals surface area contributed by atoms with Gasteiger partial charge in [-0.2, -0.15) is 0 Å². The summed E-state index contributed by atoms with van der Waals surface area (Å²) < 4.78 is 13.2. The van der Waals surface area contributed by atoms with Gasteiger partial charge < -0.3 is 10.2 Å². The van der Waals surface area contributed by atoms with Crippen LogP contribution in [0.25, 0.3) is 0 Å². The van der Waals surface area contributed by atoms with Gasteiger partial charge in [-0.3, -0.25) is 19.4 Å². The number of anilines is 1. The molecule has 1 atom stereocenters. The first-order valence-electron chi connectivity index (χ1n) is 10.2. The lowest BCUT2D eigenvalue weighted by molar-refractivity contribution is -0.134. The molecule has 0 aliphatic carbocycles. The van der Waals surface area contributed by atoms with Crippen molar-refractivity contribution in [3.8, 4) is 0 Å². The molecule has 3 rings (SSSR count). The molecule has 2 aromatic rings. The van der Waals surface area contributed by atoms with Gasteiger partial charge in [-0.05, 0) is 37.7 Å². The molecule has 0 saturated carbocycles. The molecule has 1 heterocycles. The van der Waals surface area contributed by atoms with Crippen molar-refractivity contribution in [1.82, 2.24) is 14.7 Å². The number of halogens is 1. The van der Waals surface area contributed by atoms with Crippen molar-refractivity contribution < 1.29 is 14.0 Å². The van der Waals surface area contributed by atoms with Crippen LogP contribution in [0.4, 0.5) is 10.1 Å². The molecule has 0 spiro atoms. The predicted octanol–water partition coefficient (Wildman–Crippen LogP) is 2.60. The van der Waals surface area contributed by atoms with Crippen LogP contribution in [0.2, 0.25) is 0 Å². The molecule has 1 fully saturated rings. The molecule has 2 amide bonds. The molecule has 1 saturated heterocycles. The lowest BCUT2D eigenvalue weighted by Gasteiger charge is -2.38. The van der Waals surface area contributed by atoms with Crippen molar-refractivity contribution in [3.05, 3.63) is 66.0 Å². The van der Waals surface area contributed by atoms with E-state index in [-0.39, 0.29) is 24.9 Å². The van der Waals surface area contributed by atoms with E-state index in [2.05, 4.69) is 29.3 Å². The Hall–Kier alpha value is -2.77. The van der Waals surface area contributed by atoms with Gasteiger partial charge in [0.1, 0.15) is 5.82 Å². The molecule has 1 unspecified atom stereocenters. The molecule has 1 N–H and O–H groups in total. The number of hydrogen-bond donors (Lipinski definition) is 1. The predicted molar refractivity (Wildman–Crippen MR) is 116 cm³/mol. The fourth-order valence-corrected chi connectivity index (χ4v) is 3.70. The Morgan fingerprint density at radius 2 is 1.73 bits per heavy atom. The second kappa shape index (κ2) is 10.3. The average molecular weight is 413 g/mol. The highest BCUT2D eigenvalue weighted by Gasteiger charge is 2.25. The number of carbonyl (C=O) groups is 2. The molecule has 30 heavy (non-hydrogen) atoms. The number of rotatable bonds is 7. The molecular formula is C23H29FN4O2. The molecular weight excluding hydrogens is 383 g/mol. The standard InChI is InChI=1S/C23H29FN4O2/c1-18(19-7-4-3-5-8-19)27-11-13-28(14-12-27)23(30)17-26(2)16-22(29)25-21-10-6-9-20(24)15-21/h3-10,15,18H,11-14,16-17H2,1-2H3,(H,25,29). The van der Waals surface area contributed by atoms with Gasteiger partial charge >= 0.3 is 0 Å². The maximum Gasteiger partial charge on any atom is 0.238 e. The molecule has 2 aromatic carbocycles. The van der Waals surface area contributed by atoms with Crippen molar-refractivity contribution in [1.29, 1.82) is 0 Å². The zero-order chi connectivity index (χ0) is 21.5. The quantitative estimate of drug-likeness (QED) is 0.760. The van der Waals surface area contributed by atoms with Gasteiger partial charge in [-0.1, -0.05) is 36.4 Å². The number of benzene rings is 2. The lowest BCUT2D eigenvalue weighted by Crippen LogP contribution is -2.51. The van der Waals surface area contributed by atoms with E-state index in [1.54, 1.807) is 18.0 Å². The van der Waals surface area contributed by atoms with E-state index in [0.717, 1.165) is 13.1 Å². The first kappa shape index (κ1) is 21.9. The number of nitrogens with zero attached hydrogens (tertiary/aromatic N) is 3. The normalized spacial score (nSPS) is 15.8. The summed E-state index contributed by atoms with van der Waals surface area (Å²) in [6.45, 7) is 5.44. The van der Waals surface area contributed by atoms with Crippen molar-refractivity contribution in [2.45, 2.75) is 13.0 Å². The lowest BCUT2D eigenvalue weighted by atomic mass is 10.1. The van der Waals surface area contributed by atoms with Gasteiger partial charge in [0.2, 0.25) is 11.8 Å². The molecule has 6 nitrogen and oxygen atoms in total. The van der Waals surface area contributed by atoms with E-state index in [1.165, 1.54) is 23.8 Å². The van der Waals surface area contributed by atoms with E-state index in [4.69, 9.17) is 0 Å². The SMILES string of the molecule is CC(c1ccccc1)N1CCN(C(=O)CN(C)CC(=O)Nc2cccc(F)c2)CC1. The highest BCUT2D eigenvalue weighted by molar-refractivity contribution is 5.92. The summed E-state index contributed by atoms with van der Waals surface area (Å²) in [6.07, 6.45) is 0. The fraction of sp³-hybridized carbons (Fsp3) is 0.391. The van der Waals surface area contributed by atoms with Crippen LogP contribution in [0.3, 0.4) is 0 Å². The third-order valence-corrected chi connectivity index (χ3v) is 5.42. The van der Waals surface area contributed by atoms with Gasteiger partial charge in [0.25, 0.3) is 0 Å². The average Bonchev–Trinajstić information content (AvgIpc) is 2.73. The van der Waals surface area contributed by atoms with Gasteiger partial charge in [-0.25, -0.2) is 4.39 Å². The van der Waals surface area contributed by atoms with E-state index in [9.17, 15) is 14.0 Å². The summed E-state index contributed by atoms with van der Waals surface area (Å²) in [5, 5.41) is 2.65. The Balaban J connectivity index is 1.42. The summed E-state index contributed by atoms with van der Waals surface area (Å²) in [5.41, 5.74) is 1.68. The maximum absolute atomic E-state index is 13.2. The summed E-state index contributed by atoms with van der Waals surface area (Å²) >= 11 is 0. The first-order chi connectivity index (χ1) is 14.4. The molecule has 1 aliphatic rings. The van der Waals surface area contributed by atoms with Gasteiger partial charge in [0.05, 0.1) is 13.1 Å². The highest BCUT2D eigenvalue weighted by Crippen LogP contribution is 2.21. The smallest absolute Gasteiger partial charge is 0.238 e. The van der Waals surface area contributed by atoms with Crippen LogP contribution >= 0.6 is 0 Å². The monoisotopic (exact) mass is 412 g/mol. The molecule has 0 bridgehead atoms.